The minimum Gasteiger partial charge on any atom is -0.451 e. The number of aromatic nitrogens is 2. The van der Waals surface area contributed by atoms with Gasteiger partial charge in [-0.3, -0.25) is 5.01 Å². The van der Waals surface area contributed by atoms with E-state index in [2.05, 4.69) is 4.98 Å². The molecule has 120 valence electrons. The van der Waals surface area contributed by atoms with Gasteiger partial charge < -0.3 is 4.74 Å². The molecule has 0 unspecified atom stereocenters. The molecule has 2 amide bonds. The average Bonchev–Trinajstić information content (AvgIpc) is 3.00. The van der Waals surface area contributed by atoms with E-state index in [9.17, 15) is 9.59 Å². The van der Waals surface area contributed by atoms with Crippen molar-refractivity contribution in [2.24, 2.45) is 0 Å². The highest BCUT2D eigenvalue weighted by molar-refractivity contribution is 5.99. The number of benzene rings is 2. The number of carbonyl (C=O) groups is 2. The standard InChI is InChI=1S/C17H14N4O3/c1-24-17(23)21-16(22)20-14-10-6-5-9-13(14)18-15(20)11-19(21)12-7-3-2-4-8-12/h2-10H,11H2,1H3. The summed E-state index contributed by atoms with van der Waals surface area (Å²) in [6.45, 7) is 0.277. The molecule has 0 spiro atoms. The molecule has 3 aromatic rings. The van der Waals surface area contributed by atoms with Gasteiger partial charge in [0, 0.05) is 0 Å². The molecule has 1 aromatic heterocycles. The number of imidazole rings is 1. The Balaban J connectivity index is 1.90. The van der Waals surface area contributed by atoms with Gasteiger partial charge in [0.2, 0.25) is 0 Å². The van der Waals surface area contributed by atoms with Gasteiger partial charge in [-0.15, -0.1) is 5.01 Å². The maximum Gasteiger partial charge on any atom is 0.437 e. The second-order valence-corrected chi connectivity index (χ2v) is 5.31. The summed E-state index contributed by atoms with van der Waals surface area (Å²) in [4.78, 5) is 29.7. The van der Waals surface area contributed by atoms with Gasteiger partial charge >= 0.3 is 12.1 Å². The lowest BCUT2D eigenvalue weighted by molar-refractivity contribution is 0.121. The fraction of sp³-hybridized carbons (Fsp3) is 0.118. The molecule has 0 saturated carbocycles. The molecule has 2 heterocycles. The van der Waals surface area contributed by atoms with Crippen LogP contribution in [0.4, 0.5) is 15.3 Å². The molecule has 1 aliphatic rings. The Kier molecular flexibility index (Phi) is 3.19. The van der Waals surface area contributed by atoms with Crippen LogP contribution in [0.25, 0.3) is 11.0 Å². The Hall–Kier alpha value is -3.35. The van der Waals surface area contributed by atoms with Gasteiger partial charge in [0.25, 0.3) is 0 Å². The van der Waals surface area contributed by atoms with Crippen LogP contribution in [0, 0.1) is 0 Å². The Morgan fingerprint density at radius 3 is 2.54 bits per heavy atom. The summed E-state index contributed by atoms with van der Waals surface area (Å²) < 4.78 is 6.26. The molecule has 4 rings (SSSR count). The van der Waals surface area contributed by atoms with E-state index in [0.29, 0.717) is 22.5 Å². The third kappa shape index (κ3) is 2.02. The van der Waals surface area contributed by atoms with Crippen molar-refractivity contribution in [2.45, 2.75) is 6.54 Å². The van der Waals surface area contributed by atoms with E-state index in [1.165, 1.54) is 11.7 Å². The first kappa shape index (κ1) is 14.3. The lowest BCUT2D eigenvalue weighted by atomic mass is 10.3. The van der Waals surface area contributed by atoms with Crippen molar-refractivity contribution in [1.82, 2.24) is 14.6 Å². The molecule has 0 saturated heterocycles. The van der Waals surface area contributed by atoms with E-state index in [-0.39, 0.29) is 6.54 Å². The highest BCUT2D eigenvalue weighted by atomic mass is 16.5. The van der Waals surface area contributed by atoms with Gasteiger partial charge in [-0.2, -0.15) is 0 Å². The molecule has 0 bridgehead atoms. The van der Waals surface area contributed by atoms with Crippen LogP contribution in [0.15, 0.2) is 54.6 Å². The fourth-order valence-electron chi connectivity index (χ4n) is 2.87. The summed E-state index contributed by atoms with van der Waals surface area (Å²) in [6.07, 6.45) is -0.743. The highest BCUT2D eigenvalue weighted by Gasteiger charge is 2.38. The van der Waals surface area contributed by atoms with E-state index in [1.807, 2.05) is 48.5 Å². The third-order valence-corrected chi connectivity index (χ3v) is 3.94. The summed E-state index contributed by atoms with van der Waals surface area (Å²) in [6, 6.07) is 16.0. The molecular weight excluding hydrogens is 308 g/mol. The second-order valence-electron chi connectivity index (χ2n) is 5.31. The first-order valence-corrected chi connectivity index (χ1v) is 7.42. The molecule has 0 fully saturated rings. The first-order chi connectivity index (χ1) is 11.7. The molecule has 7 nitrogen and oxygen atoms in total. The van der Waals surface area contributed by atoms with Crippen molar-refractivity contribution < 1.29 is 14.3 Å². The molecule has 24 heavy (non-hydrogen) atoms. The number of ether oxygens (including phenoxy) is 1. The van der Waals surface area contributed by atoms with Gasteiger partial charge in [0.05, 0.1) is 30.4 Å². The van der Waals surface area contributed by atoms with Crippen LogP contribution in [0.2, 0.25) is 0 Å². The van der Waals surface area contributed by atoms with Crippen LogP contribution >= 0.6 is 0 Å². The number of hydrogen-bond donors (Lipinski definition) is 0. The van der Waals surface area contributed by atoms with Gasteiger partial charge in [-0.05, 0) is 24.3 Å². The zero-order chi connectivity index (χ0) is 16.7. The number of para-hydroxylation sites is 3. The number of carbonyl (C=O) groups excluding carboxylic acids is 2. The Labute approximate surface area is 137 Å². The van der Waals surface area contributed by atoms with Gasteiger partial charge in [0.1, 0.15) is 5.82 Å². The van der Waals surface area contributed by atoms with Crippen LogP contribution < -0.4 is 5.01 Å². The molecule has 2 aromatic carbocycles. The largest absolute Gasteiger partial charge is 0.451 e. The van der Waals surface area contributed by atoms with E-state index in [1.54, 1.807) is 11.1 Å². The lowest BCUT2D eigenvalue weighted by Gasteiger charge is -2.37. The van der Waals surface area contributed by atoms with Gasteiger partial charge in [-0.25, -0.2) is 19.1 Å². The number of anilines is 1. The summed E-state index contributed by atoms with van der Waals surface area (Å²) in [7, 11) is 1.25. The molecular formula is C17H14N4O3. The van der Waals surface area contributed by atoms with E-state index < -0.39 is 12.1 Å². The maximum atomic E-state index is 13.0. The number of hydrogen-bond acceptors (Lipinski definition) is 5. The minimum absolute atomic E-state index is 0.277. The summed E-state index contributed by atoms with van der Waals surface area (Å²) in [5, 5.41) is 2.56. The second kappa shape index (κ2) is 5.38. The molecule has 0 radical (unpaired) electrons. The van der Waals surface area contributed by atoms with Crippen molar-refractivity contribution >= 4 is 28.8 Å². The van der Waals surface area contributed by atoms with E-state index >= 15 is 0 Å². The predicted octanol–water partition coefficient (Wildman–Crippen LogP) is 3.01. The number of amides is 2. The SMILES string of the molecule is COC(=O)N1C(=O)n2c(nc3ccccc32)CN1c1ccccc1. The number of rotatable bonds is 1. The Morgan fingerprint density at radius 1 is 1.08 bits per heavy atom. The van der Waals surface area contributed by atoms with E-state index in [4.69, 9.17) is 4.74 Å². The van der Waals surface area contributed by atoms with Gasteiger partial charge in [0.15, 0.2) is 0 Å². The molecule has 1 aliphatic heterocycles. The van der Waals surface area contributed by atoms with Gasteiger partial charge in [-0.1, -0.05) is 30.3 Å². The lowest BCUT2D eigenvalue weighted by Crippen LogP contribution is -2.55. The van der Waals surface area contributed by atoms with Crippen LogP contribution in [-0.4, -0.2) is 33.8 Å². The summed E-state index contributed by atoms with van der Waals surface area (Å²) in [5.41, 5.74) is 2.08. The molecule has 7 heteroatoms. The Bertz CT molecular complexity index is 935. The molecule has 0 N–H and O–H groups in total. The smallest absolute Gasteiger partial charge is 0.437 e. The highest BCUT2D eigenvalue weighted by Crippen LogP contribution is 2.28. The van der Waals surface area contributed by atoms with Crippen molar-refractivity contribution in [3.05, 3.63) is 60.4 Å². The third-order valence-electron chi connectivity index (χ3n) is 3.94. The number of nitrogens with zero attached hydrogens (tertiary/aromatic N) is 4. The summed E-state index contributed by atoms with van der Waals surface area (Å²) >= 11 is 0. The predicted molar refractivity (Wildman–Crippen MR) is 87.4 cm³/mol. The van der Waals surface area contributed by atoms with Crippen LogP contribution in [0.5, 0.6) is 0 Å². The molecule has 0 atom stereocenters. The number of fused-ring (bicyclic) bond motifs is 3. The van der Waals surface area contributed by atoms with Crippen molar-refractivity contribution in [2.75, 3.05) is 12.1 Å². The van der Waals surface area contributed by atoms with Crippen molar-refractivity contribution in [1.29, 1.82) is 0 Å². The maximum absolute atomic E-state index is 13.0. The monoisotopic (exact) mass is 322 g/mol. The minimum atomic E-state index is -0.743. The summed E-state index contributed by atoms with van der Waals surface area (Å²) in [5.74, 6) is 0.574. The first-order valence-electron chi connectivity index (χ1n) is 7.42. The average molecular weight is 322 g/mol. The van der Waals surface area contributed by atoms with Crippen molar-refractivity contribution in [3.8, 4) is 0 Å². The van der Waals surface area contributed by atoms with Crippen molar-refractivity contribution in [3.63, 3.8) is 0 Å². The fourth-order valence-corrected chi connectivity index (χ4v) is 2.87. The number of imide groups is 1. The van der Waals surface area contributed by atoms with Crippen LogP contribution in [0.3, 0.4) is 0 Å². The number of methoxy groups -OCH3 is 1. The van der Waals surface area contributed by atoms with Crippen LogP contribution in [0.1, 0.15) is 5.82 Å². The van der Waals surface area contributed by atoms with E-state index in [0.717, 1.165) is 5.01 Å². The normalized spacial score (nSPS) is 14.0. The number of hydrazine groups is 1. The topological polar surface area (TPSA) is 67.7 Å². The Morgan fingerprint density at radius 2 is 1.79 bits per heavy atom. The van der Waals surface area contributed by atoms with Crippen LogP contribution in [-0.2, 0) is 11.3 Å². The zero-order valence-electron chi connectivity index (χ0n) is 12.9. The quantitative estimate of drug-likeness (QED) is 0.689. The molecule has 0 aliphatic carbocycles. The zero-order valence-corrected chi connectivity index (χ0v) is 12.9.